The van der Waals surface area contributed by atoms with Crippen LogP contribution in [0.3, 0.4) is 0 Å². The average molecular weight is 220 g/mol. The van der Waals surface area contributed by atoms with Crippen molar-refractivity contribution in [3.63, 3.8) is 0 Å². The van der Waals surface area contributed by atoms with Gasteiger partial charge in [-0.3, -0.25) is 0 Å². The van der Waals surface area contributed by atoms with Crippen LogP contribution in [0, 0.1) is 5.92 Å². The fourth-order valence-corrected chi connectivity index (χ4v) is 2.14. The Balaban J connectivity index is 1.99. The standard InChI is InChI=1S/C12H20N4/c1-2-3-11-7-14-12(15-8-11)16-5-4-10(6-13)9-16/h7-8,10H,2-6,9,13H2,1H3/t10-/m0/s1. The van der Waals surface area contributed by atoms with Crippen molar-refractivity contribution >= 4 is 5.95 Å². The molecule has 4 heteroatoms. The third kappa shape index (κ3) is 2.50. The first-order valence-electron chi connectivity index (χ1n) is 6.09. The van der Waals surface area contributed by atoms with E-state index in [4.69, 9.17) is 5.73 Å². The van der Waals surface area contributed by atoms with Crippen LogP contribution in [0.2, 0.25) is 0 Å². The number of hydrogen-bond acceptors (Lipinski definition) is 4. The van der Waals surface area contributed by atoms with E-state index in [1.807, 2.05) is 12.4 Å². The highest BCUT2D eigenvalue weighted by molar-refractivity contribution is 5.31. The molecule has 0 aliphatic carbocycles. The highest BCUT2D eigenvalue weighted by Crippen LogP contribution is 2.19. The number of hydrogen-bond donors (Lipinski definition) is 1. The largest absolute Gasteiger partial charge is 0.340 e. The van der Waals surface area contributed by atoms with E-state index in [0.717, 1.165) is 44.8 Å². The molecule has 1 aliphatic heterocycles. The van der Waals surface area contributed by atoms with Crippen molar-refractivity contribution in [2.75, 3.05) is 24.5 Å². The van der Waals surface area contributed by atoms with Gasteiger partial charge in [0.25, 0.3) is 0 Å². The molecule has 0 amide bonds. The summed E-state index contributed by atoms with van der Waals surface area (Å²) in [5.41, 5.74) is 6.89. The SMILES string of the molecule is CCCc1cnc(N2CC[C@@H](CN)C2)nc1. The number of nitrogens with zero attached hydrogens (tertiary/aromatic N) is 3. The van der Waals surface area contributed by atoms with Crippen molar-refractivity contribution in [2.24, 2.45) is 11.7 Å². The minimum atomic E-state index is 0.610. The molecule has 0 aromatic carbocycles. The molecule has 0 saturated carbocycles. The van der Waals surface area contributed by atoms with E-state index in [1.165, 1.54) is 5.56 Å². The van der Waals surface area contributed by atoms with Gasteiger partial charge in [0.15, 0.2) is 0 Å². The molecule has 0 spiro atoms. The molecule has 1 fully saturated rings. The van der Waals surface area contributed by atoms with Crippen LogP contribution in [0.1, 0.15) is 25.3 Å². The maximum absolute atomic E-state index is 5.67. The smallest absolute Gasteiger partial charge is 0.225 e. The van der Waals surface area contributed by atoms with Crippen molar-refractivity contribution in [3.8, 4) is 0 Å². The van der Waals surface area contributed by atoms with Crippen molar-refractivity contribution in [1.82, 2.24) is 9.97 Å². The molecule has 16 heavy (non-hydrogen) atoms. The Kier molecular flexibility index (Phi) is 3.72. The lowest BCUT2D eigenvalue weighted by molar-refractivity contribution is 0.601. The average Bonchev–Trinajstić information content (AvgIpc) is 2.79. The Hall–Kier alpha value is -1.16. The first kappa shape index (κ1) is 11.3. The first-order valence-corrected chi connectivity index (χ1v) is 6.09. The van der Waals surface area contributed by atoms with Gasteiger partial charge in [0.05, 0.1) is 0 Å². The molecule has 4 nitrogen and oxygen atoms in total. The zero-order chi connectivity index (χ0) is 11.4. The molecule has 1 aliphatic rings. The summed E-state index contributed by atoms with van der Waals surface area (Å²) < 4.78 is 0. The second-order valence-electron chi connectivity index (χ2n) is 4.48. The summed E-state index contributed by atoms with van der Waals surface area (Å²) in [5.74, 6) is 1.47. The van der Waals surface area contributed by atoms with E-state index in [2.05, 4.69) is 21.8 Å². The summed E-state index contributed by atoms with van der Waals surface area (Å²) in [6, 6.07) is 0. The number of aromatic nitrogens is 2. The molecule has 1 atom stereocenters. The fourth-order valence-electron chi connectivity index (χ4n) is 2.14. The number of anilines is 1. The Morgan fingerprint density at radius 2 is 2.19 bits per heavy atom. The monoisotopic (exact) mass is 220 g/mol. The fraction of sp³-hybridized carbons (Fsp3) is 0.667. The molecular weight excluding hydrogens is 200 g/mol. The molecule has 0 radical (unpaired) electrons. The van der Waals surface area contributed by atoms with Gasteiger partial charge in [-0.1, -0.05) is 13.3 Å². The minimum absolute atomic E-state index is 0.610. The van der Waals surface area contributed by atoms with Crippen LogP contribution < -0.4 is 10.6 Å². The molecule has 0 bridgehead atoms. The second-order valence-corrected chi connectivity index (χ2v) is 4.48. The van der Waals surface area contributed by atoms with E-state index in [-0.39, 0.29) is 0 Å². The van der Waals surface area contributed by atoms with Crippen LogP contribution in [-0.2, 0) is 6.42 Å². The lowest BCUT2D eigenvalue weighted by Crippen LogP contribution is -2.24. The van der Waals surface area contributed by atoms with Crippen molar-refractivity contribution < 1.29 is 0 Å². The zero-order valence-corrected chi connectivity index (χ0v) is 9.89. The molecular formula is C12H20N4. The molecule has 2 rings (SSSR count). The van der Waals surface area contributed by atoms with E-state index in [1.54, 1.807) is 0 Å². The van der Waals surface area contributed by atoms with Crippen LogP contribution in [-0.4, -0.2) is 29.6 Å². The van der Waals surface area contributed by atoms with E-state index >= 15 is 0 Å². The van der Waals surface area contributed by atoms with Crippen molar-refractivity contribution in [3.05, 3.63) is 18.0 Å². The van der Waals surface area contributed by atoms with E-state index < -0.39 is 0 Å². The van der Waals surface area contributed by atoms with Gasteiger partial charge in [-0.2, -0.15) is 0 Å². The van der Waals surface area contributed by atoms with Crippen LogP contribution in [0.25, 0.3) is 0 Å². The van der Waals surface area contributed by atoms with Crippen molar-refractivity contribution in [1.29, 1.82) is 0 Å². The highest BCUT2D eigenvalue weighted by Gasteiger charge is 2.22. The van der Waals surface area contributed by atoms with Gasteiger partial charge in [-0.05, 0) is 30.9 Å². The van der Waals surface area contributed by atoms with Gasteiger partial charge in [0, 0.05) is 25.5 Å². The van der Waals surface area contributed by atoms with E-state index in [0.29, 0.717) is 5.92 Å². The minimum Gasteiger partial charge on any atom is -0.340 e. The maximum Gasteiger partial charge on any atom is 0.225 e. The third-order valence-electron chi connectivity index (χ3n) is 3.13. The van der Waals surface area contributed by atoms with Gasteiger partial charge in [-0.25, -0.2) is 9.97 Å². The first-order chi connectivity index (χ1) is 7.83. The van der Waals surface area contributed by atoms with Gasteiger partial charge in [0.1, 0.15) is 0 Å². The third-order valence-corrected chi connectivity index (χ3v) is 3.13. The summed E-state index contributed by atoms with van der Waals surface area (Å²) >= 11 is 0. The Bertz CT molecular complexity index is 322. The van der Waals surface area contributed by atoms with Crippen molar-refractivity contribution in [2.45, 2.75) is 26.2 Å². The molecule has 88 valence electrons. The number of aryl methyl sites for hydroxylation is 1. The summed E-state index contributed by atoms with van der Waals surface area (Å²) in [5, 5.41) is 0. The normalized spacial score (nSPS) is 20.4. The maximum atomic E-state index is 5.67. The molecule has 2 N–H and O–H groups in total. The number of nitrogens with two attached hydrogens (primary N) is 1. The van der Waals surface area contributed by atoms with Gasteiger partial charge in [-0.15, -0.1) is 0 Å². The Morgan fingerprint density at radius 1 is 1.44 bits per heavy atom. The van der Waals surface area contributed by atoms with Crippen LogP contribution in [0.5, 0.6) is 0 Å². The van der Waals surface area contributed by atoms with E-state index in [9.17, 15) is 0 Å². The lowest BCUT2D eigenvalue weighted by atomic mass is 10.1. The summed E-state index contributed by atoms with van der Waals surface area (Å²) in [4.78, 5) is 11.1. The van der Waals surface area contributed by atoms with Crippen LogP contribution in [0.4, 0.5) is 5.95 Å². The van der Waals surface area contributed by atoms with Crippen LogP contribution in [0.15, 0.2) is 12.4 Å². The quantitative estimate of drug-likeness (QED) is 0.828. The summed E-state index contributed by atoms with van der Waals surface area (Å²) in [7, 11) is 0. The topological polar surface area (TPSA) is 55.0 Å². The second kappa shape index (κ2) is 5.25. The molecule has 1 aromatic heterocycles. The summed E-state index contributed by atoms with van der Waals surface area (Å²) in [6.07, 6.45) is 7.26. The molecule has 0 unspecified atom stereocenters. The predicted octanol–water partition coefficient (Wildman–Crippen LogP) is 1.21. The summed E-state index contributed by atoms with van der Waals surface area (Å²) in [6.45, 7) is 4.98. The van der Waals surface area contributed by atoms with Gasteiger partial charge in [0.2, 0.25) is 5.95 Å². The van der Waals surface area contributed by atoms with Crippen LogP contribution >= 0.6 is 0 Å². The Labute approximate surface area is 96.9 Å². The molecule has 2 heterocycles. The molecule has 1 saturated heterocycles. The lowest BCUT2D eigenvalue weighted by Gasteiger charge is -2.15. The highest BCUT2D eigenvalue weighted by atomic mass is 15.3. The number of rotatable bonds is 4. The zero-order valence-electron chi connectivity index (χ0n) is 9.89. The van der Waals surface area contributed by atoms with Gasteiger partial charge >= 0.3 is 0 Å². The Morgan fingerprint density at radius 3 is 2.75 bits per heavy atom. The molecule has 1 aromatic rings. The predicted molar refractivity (Wildman–Crippen MR) is 65.4 cm³/mol. The van der Waals surface area contributed by atoms with Gasteiger partial charge < -0.3 is 10.6 Å².